The highest BCUT2D eigenvalue weighted by molar-refractivity contribution is 7.89. The van der Waals surface area contributed by atoms with E-state index in [0.29, 0.717) is 23.8 Å². The molecule has 0 bridgehead atoms. The Labute approximate surface area is 122 Å². The number of hydrogen-bond donors (Lipinski definition) is 1. The molecule has 0 aromatic heterocycles. The lowest BCUT2D eigenvalue weighted by molar-refractivity contribution is 0.258. The fourth-order valence-electron chi connectivity index (χ4n) is 2.04. The minimum Gasteiger partial charge on any atom is -0.396 e. The normalized spacial score (nSPS) is 12.6. The van der Waals surface area contributed by atoms with Gasteiger partial charge in [-0.2, -0.15) is 4.31 Å². The molecule has 0 saturated heterocycles. The van der Waals surface area contributed by atoms with E-state index in [2.05, 4.69) is 13.8 Å². The van der Waals surface area contributed by atoms with Gasteiger partial charge in [0.05, 0.1) is 4.90 Å². The lowest BCUT2D eigenvalue weighted by Gasteiger charge is -2.25. The molecule has 0 aliphatic heterocycles. The van der Waals surface area contributed by atoms with Crippen molar-refractivity contribution in [3.63, 3.8) is 0 Å². The Bertz CT molecular complexity index is 506. The zero-order valence-corrected chi connectivity index (χ0v) is 13.5. The van der Waals surface area contributed by atoms with Crippen LogP contribution in [0, 0.1) is 0 Å². The number of rotatable bonds is 7. The molecule has 114 valence electrons. The number of aliphatic hydroxyl groups excluding tert-OH is 1. The first-order valence-corrected chi connectivity index (χ1v) is 8.47. The minimum atomic E-state index is -3.49. The zero-order valence-electron chi connectivity index (χ0n) is 12.7. The summed E-state index contributed by atoms with van der Waals surface area (Å²) in [5.74, 6) is 0.377. The molecule has 1 rings (SSSR count). The van der Waals surface area contributed by atoms with Gasteiger partial charge in [-0.25, -0.2) is 8.42 Å². The molecule has 20 heavy (non-hydrogen) atoms. The molecular weight excluding hydrogens is 274 g/mol. The van der Waals surface area contributed by atoms with Crippen molar-refractivity contribution in [2.45, 2.75) is 51.0 Å². The van der Waals surface area contributed by atoms with Gasteiger partial charge in [0.1, 0.15) is 0 Å². The summed E-state index contributed by atoms with van der Waals surface area (Å²) in [7, 11) is -3.49. The van der Waals surface area contributed by atoms with Gasteiger partial charge in [0.25, 0.3) is 0 Å². The molecule has 0 atom stereocenters. The first kappa shape index (κ1) is 17.1. The molecule has 0 unspecified atom stereocenters. The van der Waals surface area contributed by atoms with Crippen LogP contribution < -0.4 is 0 Å². The lowest BCUT2D eigenvalue weighted by Crippen LogP contribution is -2.38. The van der Waals surface area contributed by atoms with Crippen molar-refractivity contribution < 1.29 is 13.5 Å². The van der Waals surface area contributed by atoms with Crippen molar-refractivity contribution in [2.24, 2.45) is 0 Å². The molecule has 1 N–H and O–H groups in total. The van der Waals surface area contributed by atoms with Crippen molar-refractivity contribution in [3.05, 3.63) is 29.8 Å². The monoisotopic (exact) mass is 299 g/mol. The van der Waals surface area contributed by atoms with E-state index in [4.69, 9.17) is 5.11 Å². The summed E-state index contributed by atoms with van der Waals surface area (Å²) in [6.07, 6.45) is 0.446. The Kier molecular flexibility index (Phi) is 6.17. The highest BCUT2D eigenvalue weighted by atomic mass is 32.2. The molecule has 0 radical (unpaired) electrons. The van der Waals surface area contributed by atoms with Gasteiger partial charge in [-0.3, -0.25) is 0 Å². The third-order valence-corrected chi connectivity index (χ3v) is 5.36. The van der Waals surface area contributed by atoms with Crippen LogP contribution in [-0.4, -0.2) is 37.0 Å². The molecule has 0 aliphatic rings. The number of sulfonamides is 1. The van der Waals surface area contributed by atoms with Crippen LogP contribution in [0.2, 0.25) is 0 Å². The Balaban J connectivity index is 3.06. The topological polar surface area (TPSA) is 57.6 Å². The summed E-state index contributed by atoms with van der Waals surface area (Å²) in [6.45, 7) is 8.17. The number of aliphatic hydroxyl groups is 1. The van der Waals surface area contributed by atoms with Crippen molar-refractivity contribution in [1.29, 1.82) is 0 Å². The van der Waals surface area contributed by atoms with Gasteiger partial charge in [-0.05, 0) is 43.9 Å². The smallest absolute Gasteiger partial charge is 0.243 e. The molecule has 0 heterocycles. The molecule has 0 fully saturated rings. The molecule has 1 aromatic rings. The van der Waals surface area contributed by atoms with E-state index in [1.807, 2.05) is 26.0 Å². The van der Waals surface area contributed by atoms with Crippen LogP contribution in [0.5, 0.6) is 0 Å². The lowest BCUT2D eigenvalue weighted by atomic mass is 10.0. The first-order chi connectivity index (χ1) is 9.30. The third-order valence-electron chi connectivity index (χ3n) is 3.27. The van der Waals surface area contributed by atoms with Crippen molar-refractivity contribution >= 4 is 10.0 Å². The Morgan fingerprint density at radius 2 is 1.65 bits per heavy atom. The summed E-state index contributed by atoms with van der Waals surface area (Å²) >= 11 is 0. The fraction of sp³-hybridized carbons (Fsp3) is 0.600. The van der Waals surface area contributed by atoms with E-state index in [-0.39, 0.29) is 12.6 Å². The van der Waals surface area contributed by atoms with Crippen LogP contribution in [0.1, 0.15) is 45.6 Å². The average molecular weight is 299 g/mol. The van der Waals surface area contributed by atoms with Crippen molar-refractivity contribution in [1.82, 2.24) is 4.31 Å². The highest BCUT2D eigenvalue weighted by Crippen LogP contribution is 2.21. The van der Waals surface area contributed by atoms with E-state index in [1.54, 1.807) is 12.1 Å². The molecule has 4 nitrogen and oxygen atoms in total. The summed E-state index contributed by atoms with van der Waals surface area (Å²) in [6, 6.07) is 6.93. The average Bonchev–Trinajstić information content (AvgIpc) is 2.38. The standard InChI is InChI=1S/C15H25NO3S/c1-12(2)14-6-8-15(9-7-14)20(18,19)16(13(3)4)10-5-11-17/h6-9,12-13,17H,5,10-11H2,1-4H3. The van der Waals surface area contributed by atoms with Gasteiger partial charge in [-0.1, -0.05) is 26.0 Å². The molecule has 5 heteroatoms. The van der Waals surface area contributed by atoms with Gasteiger partial charge in [-0.15, -0.1) is 0 Å². The van der Waals surface area contributed by atoms with Gasteiger partial charge >= 0.3 is 0 Å². The maximum absolute atomic E-state index is 12.6. The van der Waals surface area contributed by atoms with Gasteiger partial charge < -0.3 is 5.11 Å². The van der Waals surface area contributed by atoms with Crippen molar-refractivity contribution in [2.75, 3.05) is 13.2 Å². The molecular formula is C15H25NO3S. The Morgan fingerprint density at radius 3 is 2.05 bits per heavy atom. The second kappa shape index (κ2) is 7.20. The molecule has 1 aromatic carbocycles. The summed E-state index contributed by atoms with van der Waals surface area (Å²) in [4.78, 5) is 0.313. The van der Waals surface area contributed by atoms with Gasteiger partial charge in [0, 0.05) is 19.2 Å². The quantitative estimate of drug-likeness (QED) is 0.842. The van der Waals surface area contributed by atoms with Crippen LogP contribution in [-0.2, 0) is 10.0 Å². The van der Waals surface area contributed by atoms with Crippen LogP contribution >= 0.6 is 0 Å². The van der Waals surface area contributed by atoms with Crippen LogP contribution in [0.3, 0.4) is 0 Å². The van der Waals surface area contributed by atoms with Crippen LogP contribution in [0.15, 0.2) is 29.2 Å². The van der Waals surface area contributed by atoms with E-state index in [9.17, 15) is 8.42 Å². The Hall–Kier alpha value is -0.910. The zero-order chi connectivity index (χ0) is 15.3. The first-order valence-electron chi connectivity index (χ1n) is 7.03. The molecule has 0 saturated carbocycles. The van der Waals surface area contributed by atoms with E-state index in [1.165, 1.54) is 4.31 Å². The van der Waals surface area contributed by atoms with Gasteiger partial charge in [0.15, 0.2) is 0 Å². The molecule has 0 aliphatic carbocycles. The predicted octanol–water partition coefficient (Wildman–Crippen LogP) is 2.59. The van der Waals surface area contributed by atoms with E-state index < -0.39 is 10.0 Å². The number of benzene rings is 1. The second-order valence-electron chi connectivity index (χ2n) is 5.51. The van der Waals surface area contributed by atoms with Crippen LogP contribution in [0.25, 0.3) is 0 Å². The number of hydrogen-bond acceptors (Lipinski definition) is 3. The maximum atomic E-state index is 12.6. The predicted molar refractivity (Wildman–Crippen MR) is 81.3 cm³/mol. The van der Waals surface area contributed by atoms with Crippen LogP contribution in [0.4, 0.5) is 0 Å². The number of nitrogens with zero attached hydrogens (tertiary/aromatic N) is 1. The SMILES string of the molecule is CC(C)c1ccc(S(=O)(=O)N(CCCO)C(C)C)cc1. The fourth-order valence-corrected chi connectivity index (χ4v) is 3.72. The minimum absolute atomic E-state index is 0.00890. The maximum Gasteiger partial charge on any atom is 0.243 e. The van der Waals surface area contributed by atoms with E-state index in [0.717, 1.165) is 5.56 Å². The summed E-state index contributed by atoms with van der Waals surface area (Å²) in [5, 5.41) is 8.91. The second-order valence-corrected chi connectivity index (χ2v) is 7.40. The summed E-state index contributed by atoms with van der Waals surface area (Å²) in [5.41, 5.74) is 1.12. The highest BCUT2D eigenvalue weighted by Gasteiger charge is 2.26. The third kappa shape index (κ3) is 4.04. The molecule has 0 amide bonds. The van der Waals surface area contributed by atoms with Crippen molar-refractivity contribution in [3.8, 4) is 0 Å². The summed E-state index contributed by atoms with van der Waals surface area (Å²) < 4.78 is 26.6. The largest absolute Gasteiger partial charge is 0.396 e. The van der Waals surface area contributed by atoms with E-state index >= 15 is 0 Å². The molecule has 0 spiro atoms. The van der Waals surface area contributed by atoms with Gasteiger partial charge in [0.2, 0.25) is 10.0 Å². The Morgan fingerprint density at radius 1 is 1.10 bits per heavy atom.